The second kappa shape index (κ2) is 5.98. The Morgan fingerprint density at radius 1 is 0.769 bits per heavy atom. The molecule has 26 heavy (non-hydrogen) atoms. The Labute approximate surface area is 149 Å². The van der Waals surface area contributed by atoms with Gasteiger partial charge in [0.1, 0.15) is 11.8 Å². The van der Waals surface area contributed by atoms with Crippen molar-refractivity contribution in [1.29, 1.82) is 10.5 Å². The first kappa shape index (κ1) is 15.8. The quantitative estimate of drug-likeness (QED) is 0.545. The molecular formula is C21H13N3O2. The SMILES string of the molecule is N#CC1C(=O)NC(=O)C(C#N)C1c1ccc2c(ccc3ccccc32)c1. The fraction of sp³-hybridized carbons (Fsp3) is 0.143. The van der Waals surface area contributed by atoms with Gasteiger partial charge in [-0.05, 0) is 27.1 Å². The first-order valence-electron chi connectivity index (χ1n) is 8.19. The van der Waals surface area contributed by atoms with Crippen LogP contribution in [0.2, 0.25) is 0 Å². The number of amides is 2. The van der Waals surface area contributed by atoms with Gasteiger partial charge in [-0.25, -0.2) is 0 Å². The molecule has 3 aromatic rings. The summed E-state index contributed by atoms with van der Waals surface area (Å²) in [6.07, 6.45) is 0. The number of carbonyl (C=O) groups is 2. The lowest BCUT2D eigenvalue weighted by Gasteiger charge is -2.30. The van der Waals surface area contributed by atoms with Crippen LogP contribution < -0.4 is 5.32 Å². The van der Waals surface area contributed by atoms with Crippen molar-refractivity contribution in [2.75, 3.05) is 0 Å². The maximum atomic E-state index is 12.1. The molecule has 1 aliphatic rings. The van der Waals surface area contributed by atoms with E-state index in [0.717, 1.165) is 21.5 Å². The maximum absolute atomic E-state index is 12.1. The van der Waals surface area contributed by atoms with E-state index in [4.69, 9.17) is 0 Å². The largest absolute Gasteiger partial charge is 0.294 e. The maximum Gasteiger partial charge on any atom is 0.244 e. The van der Waals surface area contributed by atoms with Gasteiger partial charge in [-0.1, -0.05) is 54.6 Å². The molecule has 3 aromatic carbocycles. The summed E-state index contributed by atoms with van der Waals surface area (Å²) in [5, 5.41) is 25.1. The van der Waals surface area contributed by atoms with Gasteiger partial charge in [-0.15, -0.1) is 0 Å². The molecule has 1 heterocycles. The lowest BCUT2D eigenvalue weighted by atomic mass is 9.74. The highest BCUT2D eigenvalue weighted by Crippen LogP contribution is 2.37. The molecule has 0 radical (unpaired) electrons. The first-order chi connectivity index (χ1) is 12.6. The Balaban J connectivity index is 1.90. The normalized spacial score (nSPS) is 22.6. The van der Waals surface area contributed by atoms with Crippen molar-refractivity contribution in [3.05, 3.63) is 60.2 Å². The fourth-order valence-corrected chi connectivity index (χ4v) is 3.70. The molecule has 1 saturated heterocycles. The third kappa shape index (κ3) is 2.30. The van der Waals surface area contributed by atoms with Crippen LogP contribution in [0.1, 0.15) is 11.5 Å². The Hall–Kier alpha value is -3.70. The van der Waals surface area contributed by atoms with Crippen molar-refractivity contribution in [1.82, 2.24) is 5.32 Å². The van der Waals surface area contributed by atoms with E-state index in [0.29, 0.717) is 5.56 Å². The zero-order valence-corrected chi connectivity index (χ0v) is 13.6. The molecule has 1 aliphatic heterocycles. The van der Waals surface area contributed by atoms with Gasteiger partial charge in [0.25, 0.3) is 0 Å². The molecule has 1 fully saturated rings. The van der Waals surface area contributed by atoms with E-state index in [9.17, 15) is 20.1 Å². The van der Waals surface area contributed by atoms with E-state index in [2.05, 4.69) is 5.32 Å². The number of benzene rings is 3. The Morgan fingerprint density at radius 3 is 2.08 bits per heavy atom. The van der Waals surface area contributed by atoms with Crippen LogP contribution in [0.4, 0.5) is 0 Å². The van der Waals surface area contributed by atoms with E-state index in [1.54, 1.807) is 6.07 Å². The van der Waals surface area contributed by atoms with Crippen LogP contribution in [0, 0.1) is 34.5 Å². The van der Waals surface area contributed by atoms with Crippen molar-refractivity contribution in [2.24, 2.45) is 11.8 Å². The van der Waals surface area contributed by atoms with Crippen LogP contribution in [-0.4, -0.2) is 11.8 Å². The molecule has 2 amide bonds. The van der Waals surface area contributed by atoms with E-state index >= 15 is 0 Å². The topological polar surface area (TPSA) is 93.8 Å². The van der Waals surface area contributed by atoms with Crippen molar-refractivity contribution in [2.45, 2.75) is 5.92 Å². The molecular weight excluding hydrogens is 326 g/mol. The summed E-state index contributed by atoms with van der Waals surface area (Å²) in [7, 11) is 0. The number of hydrogen-bond acceptors (Lipinski definition) is 4. The van der Waals surface area contributed by atoms with E-state index < -0.39 is 29.6 Å². The van der Waals surface area contributed by atoms with Crippen LogP contribution in [0.3, 0.4) is 0 Å². The monoisotopic (exact) mass is 339 g/mol. The predicted octanol–water partition coefficient (Wildman–Crippen LogP) is 3.01. The molecule has 0 aromatic heterocycles. The average Bonchev–Trinajstić information content (AvgIpc) is 2.67. The smallest absolute Gasteiger partial charge is 0.244 e. The average molecular weight is 339 g/mol. The Kier molecular flexibility index (Phi) is 3.64. The summed E-state index contributed by atoms with van der Waals surface area (Å²) in [4.78, 5) is 24.1. The summed E-state index contributed by atoms with van der Waals surface area (Å²) >= 11 is 0. The second-order valence-electron chi connectivity index (χ2n) is 6.36. The number of nitriles is 2. The van der Waals surface area contributed by atoms with Gasteiger partial charge in [-0.2, -0.15) is 10.5 Å². The van der Waals surface area contributed by atoms with Crippen LogP contribution in [0.15, 0.2) is 54.6 Å². The summed E-state index contributed by atoms with van der Waals surface area (Å²) in [6.45, 7) is 0. The van der Waals surface area contributed by atoms with E-state index in [1.165, 1.54) is 0 Å². The number of nitrogens with one attached hydrogen (secondary N) is 1. The molecule has 4 rings (SSSR count). The lowest BCUT2D eigenvalue weighted by Crippen LogP contribution is -2.49. The summed E-state index contributed by atoms with van der Waals surface area (Å²) < 4.78 is 0. The third-order valence-electron chi connectivity index (χ3n) is 4.96. The minimum Gasteiger partial charge on any atom is -0.294 e. The molecule has 0 spiro atoms. The van der Waals surface area contributed by atoms with Crippen molar-refractivity contribution < 1.29 is 9.59 Å². The minimum absolute atomic E-state index is 0.646. The summed E-state index contributed by atoms with van der Waals surface area (Å²) in [5.41, 5.74) is 0.647. The molecule has 0 bridgehead atoms. The Morgan fingerprint density at radius 2 is 1.38 bits per heavy atom. The van der Waals surface area contributed by atoms with Crippen LogP contribution in [0.5, 0.6) is 0 Å². The van der Waals surface area contributed by atoms with Crippen LogP contribution in [0.25, 0.3) is 21.5 Å². The molecule has 5 heteroatoms. The fourth-order valence-electron chi connectivity index (χ4n) is 3.70. The number of fused-ring (bicyclic) bond motifs is 3. The predicted molar refractivity (Wildman–Crippen MR) is 95.6 cm³/mol. The van der Waals surface area contributed by atoms with Gasteiger partial charge in [0, 0.05) is 5.92 Å². The standard InChI is InChI=1S/C21H13N3O2/c22-10-17-19(18(11-23)21(26)24-20(17)25)14-7-8-16-13(9-14)6-5-12-3-1-2-4-15(12)16/h1-9,17-19H,(H,24,25,26). The van der Waals surface area contributed by atoms with Crippen LogP contribution >= 0.6 is 0 Å². The van der Waals surface area contributed by atoms with E-state index in [1.807, 2.05) is 60.7 Å². The minimum atomic E-state index is -1.07. The van der Waals surface area contributed by atoms with Gasteiger partial charge in [-0.3, -0.25) is 14.9 Å². The number of piperidine rings is 1. The van der Waals surface area contributed by atoms with Gasteiger partial charge < -0.3 is 0 Å². The first-order valence-corrected chi connectivity index (χ1v) is 8.19. The van der Waals surface area contributed by atoms with Crippen LogP contribution in [-0.2, 0) is 9.59 Å². The van der Waals surface area contributed by atoms with Crippen molar-refractivity contribution in [3.8, 4) is 12.1 Å². The highest BCUT2D eigenvalue weighted by atomic mass is 16.2. The zero-order chi connectivity index (χ0) is 18.3. The Bertz CT molecular complexity index is 1120. The molecule has 2 atom stereocenters. The number of carbonyl (C=O) groups excluding carboxylic acids is 2. The lowest BCUT2D eigenvalue weighted by molar-refractivity contribution is -0.137. The second-order valence-corrected chi connectivity index (χ2v) is 6.36. The van der Waals surface area contributed by atoms with Crippen molar-refractivity contribution in [3.63, 3.8) is 0 Å². The summed E-state index contributed by atoms with van der Waals surface area (Å²) in [5.74, 6) is -4.21. The van der Waals surface area contributed by atoms with E-state index in [-0.39, 0.29) is 0 Å². The molecule has 0 aliphatic carbocycles. The summed E-state index contributed by atoms with van der Waals surface area (Å²) in [6, 6.07) is 21.5. The highest BCUT2D eigenvalue weighted by molar-refractivity contribution is 6.08. The van der Waals surface area contributed by atoms with Gasteiger partial charge in [0.05, 0.1) is 12.1 Å². The number of hydrogen-bond donors (Lipinski definition) is 1. The third-order valence-corrected chi connectivity index (χ3v) is 4.96. The molecule has 0 saturated carbocycles. The highest BCUT2D eigenvalue weighted by Gasteiger charge is 2.45. The number of imide groups is 1. The molecule has 5 nitrogen and oxygen atoms in total. The van der Waals surface area contributed by atoms with Gasteiger partial charge in [0.15, 0.2) is 0 Å². The molecule has 1 N–H and O–H groups in total. The number of nitrogens with zero attached hydrogens (tertiary/aromatic N) is 2. The molecule has 2 unspecified atom stereocenters. The van der Waals surface area contributed by atoms with Gasteiger partial charge >= 0.3 is 0 Å². The van der Waals surface area contributed by atoms with Gasteiger partial charge in [0.2, 0.25) is 11.8 Å². The zero-order valence-electron chi connectivity index (χ0n) is 13.6. The van der Waals surface area contributed by atoms with Crippen molar-refractivity contribution >= 4 is 33.4 Å². The molecule has 124 valence electrons. The number of rotatable bonds is 1.